The number of anilines is 1. The molecule has 0 saturated carbocycles. The fraction of sp³-hybridized carbons (Fsp3) is 0.458. The molecule has 2 amide bonds. The first-order valence-electron chi connectivity index (χ1n) is 26.1. The Hall–Kier alpha value is -5.74. The number of ether oxygens (including phenoxy) is 4. The topological polar surface area (TPSA) is 132 Å². The van der Waals surface area contributed by atoms with Gasteiger partial charge in [0.15, 0.2) is 10.3 Å². The Morgan fingerprint density at radius 1 is 0.689 bits per heavy atom. The lowest BCUT2D eigenvalue weighted by molar-refractivity contribution is -0.0435. The number of benzene rings is 4. The van der Waals surface area contributed by atoms with Gasteiger partial charge in [-0.1, -0.05) is 72.4 Å². The fourth-order valence-electron chi connectivity index (χ4n) is 11.5. The molecule has 0 aliphatic carbocycles. The van der Waals surface area contributed by atoms with Crippen molar-refractivity contribution in [3.05, 3.63) is 123 Å². The van der Waals surface area contributed by atoms with Crippen molar-refractivity contribution in [2.24, 2.45) is 5.41 Å². The number of rotatable bonds is 7. The van der Waals surface area contributed by atoms with Gasteiger partial charge in [0.2, 0.25) is 0 Å². The average Bonchev–Trinajstić information content (AvgIpc) is 3.36. The van der Waals surface area contributed by atoms with Crippen LogP contribution in [0.15, 0.2) is 88.0 Å². The summed E-state index contributed by atoms with van der Waals surface area (Å²) in [6, 6.07) is 24.0. The van der Waals surface area contributed by atoms with Gasteiger partial charge in [-0.25, -0.2) is 29.5 Å². The van der Waals surface area contributed by atoms with Crippen molar-refractivity contribution in [2.45, 2.75) is 139 Å². The first-order valence-corrected chi connectivity index (χ1v) is 28.1. The molecular formula is C59H67N7O6S2. The number of hydrogen-bond acceptors (Lipinski definition) is 13. The van der Waals surface area contributed by atoms with Crippen LogP contribution in [0, 0.1) is 19.3 Å². The highest BCUT2D eigenvalue weighted by molar-refractivity contribution is 7.99. The van der Waals surface area contributed by atoms with Crippen LogP contribution in [0.5, 0.6) is 0 Å². The maximum absolute atomic E-state index is 12.9. The second-order valence-corrected chi connectivity index (χ2v) is 24.6. The second-order valence-electron chi connectivity index (χ2n) is 22.8. The van der Waals surface area contributed by atoms with Crippen LogP contribution in [0.25, 0.3) is 27.1 Å². The van der Waals surface area contributed by atoms with Gasteiger partial charge >= 0.3 is 12.2 Å². The third-order valence-corrected chi connectivity index (χ3v) is 16.5. The smallest absolute Gasteiger partial charge is 0.410 e. The molecule has 7 heterocycles. The minimum Gasteiger partial charge on any atom is -0.444 e. The minimum atomic E-state index is -0.558. The number of nitrogens with zero attached hydrogens (tertiary/aromatic N) is 7. The summed E-state index contributed by atoms with van der Waals surface area (Å²) < 4.78 is 25.1. The molecule has 5 aliphatic rings. The predicted octanol–water partition coefficient (Wildman–Crippen LogP) is 12.6. The number of carbonyl (C=O) groups excluding carboxylic acids is 2. The fourth-order valence-corrected chi connectivity index (χ4v) is 12.8. The van der Waals surface area contributed by atoms with Crippen molar-refractivity contribution < 1.29 is 28.5 Å². The maximum Gasteiger partial charge on any atom is 0.410 e. The predicted molar refractivity (Wildman–Crippen MR) is 292 cm³/mol. The number of aromatic nitrogens is 4. The van der Waals surface area contributed by atoms with Gasteiger partial charge < -0.3 is 33.6 Å². The van der Waals surface area contributed by atoms with E-state index in [9.17, 15) is 9.59 Å². The van der Waals surface area contributed by atoms with E-state index >= 15 is 0 Å². The summed E-state index contributed by atoms with van der Waals surface area (Å²) in [6.45, 7) is 20.7. The molecule has 6 aromatic rings. The third-order valence-electron chi connectivity index (χ3n) is 15.2. The van der Waals surface area contributed by atoms with Crippen molar-refractivity contribution in [1.82, 2.24) is 29.7 Å². The van der Waals surface area contributed by atoms with Gasteiger partial charge in [0, 0.05) is 73.5 Å². The lowest BCUT2D eigenvalue weighted by Gasteiger charge is -2.53. The highest BCUT2D eigenvalue weighted by Crippen LogP contribution is 2.46. The highest BCUT2D eigenvalue weighted by Gasteiger charge is 2.48. The number of hydrogen-bond donors (Lipinski definition) is 0. The molecule has 2 fully saturated rings. The van der Waals surface area contributed by atoms with Crippen LogP contribution in [0.4, 0.5) is 15.4 Å². The van der Waals surface area contributed by atoms with E-state index in [4.69, 9.17) is 38.9 Å². The number of piperidine rings is 1. The molecule has 2 saturated heterocycles. The number of aryl methyl sites for hydroxylation is 2. The highest BCUT2D eigenvalue weighted by atomic mass is 32.2. The molecule has 2 unspecified atom stereocenters. The zero-order chi connectivity index (χ0) is 51.7. The van der Waals surface area contributed by atoms with E-state index < -0.39 is 11.2 Å². The van der Waals surface area contributed by atoms with Crippen LogP contribution in [0.1, 0.15) is 123 Å². The van der Waals surface area contributed by atoms with Crippen LogP contribution in [0.3, 0.4) is 0 Å². The van der Waals surface area contributed by atoms with Crippen molar-refractivity contribution in [1.29, 1.82) is 0 Å². The van der Waals surface area contributed by atoms with E-state index in [1.165, 1.54) is 32.8 Å². The summed E-state index contributed by atoms with van der Waals surface area (Å²) in [4.78, 5) is 54.0. The van der Waals surface area contributed by atoms with Gasteiger partial charge in [0.1, 0.15) is 17.0 Å². The summed E-state index contributed by atoms with van der Waals surface area (Å²) >= 11 is 3.15. The summed E-state index contributed by atoms with van der Waals surface area (Å²) in [6.07, 6.45) is 6.98. The van der Waals surface area contributed by atoms with E-state index in [0.717, 1.165) is 99.6 Å². The molecule has 5 aliphatic heterocycles. The SMILES string of the molecule is CSc1nc2c(c(C3=CCN(C(=O)OC(C)(C)C)CC3)n1)COC(c1cc(Sc3nc4c(c(N5CCC6(CC5)CN(C(=O)OC(C)(C)C)C6)n3)COC(c3cccc5cccc(C)c35)C4)cc3cccc(C)c13)C2. The van der Waals surface area contributed by atoms with Gasteiger partial charge in [-0.2, -0.15) is 0 Å². The lowest BCUT2D eigenvalue weighted by atomic mass is 9.72. The quantitative estimate of drug-likeness (QED) is 0.111. The van der Waals surface area contributed by atoms with Gasteiger partial charge in [-0.3, -0.25) is 0 Å². The largest absolute Gasteiger partial charge is 0.444 e. The summed E-state index contributed by atoms with van der Waals surface area (Å²) in [7, 11) is 0. The van der Waals surface area contributed by atoms with Crippen LogP contribution in [-0.4, -0.2) is 98.6 Å². The van der Waals surface area contributed by atoms with Gasteiger partial charge in [-0.05, 0) is 154 Å². The Morgan fingerprint density at radius 2 is 1.28 bits per heavy atom. The summed E-state index contributed by atoms with van der Waals surface area (Å²) in [5, 5.41) is 6.20. The van der Waals surface area contributed by atoms with E-state index in [1.54, 1.807) is 28.4 Å². The molecule has 11 rings (SSSR count). The molecule has 13 nitrogen and oxygen atoms in total. The Bertz CT molecular complexity index is 3220. The lowest BCUT2D eigenvalue weighted by Crippen LogP contribution is -2.62. The molecule has 1 spiro atoms. The molecule has 2 aromatic heterocycles. The standard InChI is InChI=1S/C59H67N7O6S2/c1-35-13-10-15-37-16-12-18-41(49(35)37)47-30-46-44(32-70-47)52(64-25-21-59(22-26-64)33-66(34-59)56(68)72-58(6,7)8)63-54(61-46)74-40-27-39-17-11-14-36(2)50(39)42(28-40)48-29-45-43(31-69-48)51(62-53(60-45)73-9)38-19-23-65(24-20-38)55(67)71-57(3,4)5/h10-19,27-28,47-48H,20-26,29-34H2,1-9H3. The first kappa shape index (κ1) is 50.4. The van der Waals surface area contributed by atoms with E-state index in [-0.39, 0.29) is 29.8 Å². The molecule has 2 atom stereocenters. The van der Waals surface area contributed by atoms with Crippen LogP contribution in [0.2, 0.25) is 0 Å². The first-order chi connectivity index (χ1) is 35.4. The summed E-state index contributed by atoms with van der Waals surface area (Å²) in [5.41, 5.74) is 9.82. The Morgan fingerprint density at radius 3 is 1.93 bits per heavy atom. The Kier molecular flexibility index (Phi) is 13.5. The van der Waals surface area contributed by atoms with Crippen molar-refractivity contribution in [3.63, 3.8) is 0 Å². The van der Waals surface area contributed by atoms with Crippen LogP contribution in [-0.2, 0) is 45.0 Å². The Balaban J connectivity index is 0.904. The molecule has 0 bridgehead atoms. The molecule has 0 radical (unpaired) electrons. The number of fused-ring (bicyclic) bond motifs is 4. The van der Waals surface area contributed by atoms with Crippen molar-refractivity contribution >= 4 is 68.6 Å². The molecule has 15 heteroatoms. The van der Waals surface area contributed by atoms with E-state index in [2.05, 4.69) is 91.6 Å². The van der Waals surface area contributed by atoms with Gasteiger partial charge in [0.05, 0.1) is 42.5 Å². The van der Waals surface area contributed by atoms with Gasteiger partial charge in [-0.15, -0.1) is 0 Å². The zero-order valence-corrected chi connectivity index (χ0v) is 45.8. The number of amides is 2. The number of carbonyl (C=O) groups is 2. The molecule has 386 valence electrons. The van der Waals surface area contributed by atoms with Crippen molar-refractivity contribution in [3.8, 4) is 0 Å². The number of likely N-dealkylation sites (tertiary alicyclic amines) is 1. The van der Waals surface area contributed by atoms with Crippen molar-refractivity contribution in [2.75, 3.05) is 50.4 Å². The van der Waals surface area contributed by atoms with Crippen LogP contribution >= 0.6 is 23.5 Å². The second kappa shape index (κ2) is 19.8. The van der Waals surface area contributed by atoms with Crippen LogP contribution < -0.4 is 4.90 Å². The average molecular weight is 1030 g/mol. The monoisotopic (exact) mass is 1030 g/mol. The normalized spacial score (nSPS) is 19.7. The maximum atomic E-state index is 12.9. The molecule has 74 heavy (non-hydrogen) atoms. The summed E-state index contributed by atoms with van der Waals surface area (Å²) in [5.74, 6) is 0.943. The third kappa shape index (κ3) is 10.2. The Labute approximate surface area is 443 Å². The zero-order valence-electron chi connectivity index (χ0n) is 44.2. The minimum absolute atomic E-state index is 0.0795. The molecular weight excluding hydrogens is 967 g/mol. The van der Waals surface area contributed by atoms with E-state index in [0.29, 0.717) is 50.7 Å². The number of thioether (sulfide) groups is 1. The van der Waals surface area contributed by atoms with Gasteiger partial charge in [0.25, 0.3) is 0 Å². The molecule has 4 aromatic carbocycles. The van der Waals surface area contributed by atoms with E-state index in [1.807, 2.05) is 52.7 Å². The molecule has 0 N–H and O–H groups in total.